The first-order valence-electron chi connectivity index (χ1n) is 9.84. The number of aryl methyl sites for hydroxylation is 2. The van der Waals surface area contributed by atoms with Crippen molar-refractivity contribution in [3.63, 3.8) is 0 Å². The van der Waals surface area contributed by atoms with E-state index in [0.29, 0.717) is 31.0 Å². The van der Waals surface area contributed by atoms with Crippen LogP contribution in [-0.2, 0) is 29.0 Å². The summed E-state index contributed by atoms with van der Waals surface area (Å²) in [6.45, 7) is 6.68. The zero-order valence-corrected chi connectivity index (χ0v) is 17.6. The minimum atomic E-state index is -0.536. The van der Waals surface area contributed by atoms with Gasteiger partial charge in [0.15, 0.2) is 0 Å². The number of nitrogens with one attached hydrogen (secondary N) is 1. The van der Waals surface area contributed by atoms with Gasteiger partial charge in [-0.3, -0.25) is 9.59 Å². The van der Waals surface area contributed by atoms with Crippen LogP contribution in [0.4, 0.5) is 0 Å². The molecule has 0 bridgehead atoms. The topological polar surface area (TPSA) is 49.4 Å². The van der Waals surface area contributed by atoms with E-state index < -0.39 is 6.04 Å². The van der Waals surface area contributed by atoms with E-state index in [9.17, 15) is 9.59 Å². The van der Waals surface area contributed by atoms with Crippen molar-refractivity contribution in [2.75, 3.05) is 6.54 Å². The standard InChI is InChI=1S/C23H29ClN2O2/c1-4-18-6-8-19(9-7-18)12-15-22(27)26(17(3)23(28)25-5-2)16-20-10-13-21(24)14-11-20/h6-11,13-14,17H,4-5,12,15-16H2,1-3H3,(H,25,28)/t17-/m0/s1. The van der Waals surface area contributed by atoms with Crippen LogP contribution in [-0.4, -0.2) is 29.3 Å². The molecular formula is C23H29ClN2O2. The van der Waals surface area contributed by atoms with Crippen LogP contribution in [0.5, 0.6) is 0 Å². The number of likely N-dealkylation sites (N-methyl/N-ethyl adjacent to an activating group) is 1. The van der Waals surface area contributed by atoms with Gasteiger partial charge in [-0.05, 0) is 55.5 Å². The first kappa shape index (κ1) is 22.0. The maximum Gasteiger partial charge on any atom is 0.242 e. The van der Waals surface area contributed by atoms with Gasteiger partial charge < -0.3 is 10.2 Å². The molecule has 4 nitrogen and oxygen atoms in total. The normalized spacial score (nSPS) is 11.7. The predicted octanol–water partition coefficient (Wildman–Crippen LogP) is 4.39. The highest BCUT2D eigenvalue weighted by Crippen LogP contribution is 2.16. The molecule has 1 atom stereocenters. The summed E-state index contributed by atoms with van der Waals surface area (Å²) in [6, 6.07) is 15.2. The third-order valence-electron chi connectivity index (χ3n) is 4.84. The summed E-state index contributed by atoms with van der Waals surface area (Å²) in [4.78, 5) is 27.0. The first-order chi connectivity index (χ1) is 13.4. The van der Waals surface area contributed by atoms with Gasteiger partial charge in [-0.2, -0.15) is 0 Å². The number of benzene rings is 2. The lowest BCUT2D eigenvalue weighted by molar-refractivity contribution is -0.140. The predicted molar refractivity (Wildman–Crippen MR) is 114 cm³/mol. The minimum absolute atomic E-state index is 0.0340. The molecule has 2 rings (SSSR count). The van der Waals surface area contributed by atoms with E-state index in [0.717, 1.165) is 17.5 Å². The molecular weight excluding hydrogens is 372 g/mol. The molecule has 0 aliphatic carbocycles. The molecule has 2 aromatic rings. The Hall–Kier alpha value is -2.33. The van der Waals surface area contributed by atoms with Gasteiger partial charge in [-0.25, -0.2) is 0 Å². The van der Waals surface area contributed by atoms with Gasteiger partial charge in [0.2, 0.25) is 11.8 Å². The Morgan fingerprint density at radius 2 is 1.54 bits per heavy atom. The summed E-state index contributed by atoms with van der Waals surface area (Å²) in [5, 5.41) is 3.46. The Labute approximate surface area is 172 Å². The zero-order chi connectivity index (χ0) is 20.5. The Balaban J connectivity index is 2.10. The third-order valence-corrected chi connectivity index (χ3v) is 5.10. The molecule has 5 heteroatoms. The Morgan fingerprint density at radius 1 is 0.964 bits per heavy atom. The minimum Gasteiger partial charge on any atom is -0.355 e. The second-order valence-corrected chi connectivity index (χ2v) is 7.33. The summed E-state index contributed by atoms with van der Waals surface area (Å²) in [5.74, 6) is -0.176. The first-order valence-corrected chi connectivity index (χ1v) is 10.2. The molecule has 0 spiro atoms. The van der Waals surface area contributed by atoms with Gasteiger partial charge >= 0.3 is 0 Å². The number of amides is 2. The van der Waals surface area contributed by atoms with Crippen LogP contribution in [0.15, 0.2) is 48.5 Å². The molecule has 2 aromatic carbocycles. The summed E-state index contributed by atoms with van der Waals surface area (Å²) < 4.78 is 0. The van der Waals surface area contributed by atoms with Gasteiger partial charge in [0.1, 0.15) is 6.04 Å². The van der Waals surface area contributed by atoms with Crippen molar-refractivity contribution in [1.82, 2.24) is 10.2 Å². The second kappa shape index (κ2) is 10.9. The van der Waals surface area contributed by atoms with Crippen molar-refractivity contribution in [3.05, 3.63) is 70.2 Å². The van der Waals surface area contributed by atoms with Crippen LogP contribution in [0.25, 0.3) is 0 Å². The Morgan fingerprint density at radius 3 is 2.11 bits per heavy atom. The number of hydrogen-bond donors (Lipinski definition) is 1. The average molecular weight is 401 g/mol. The molecule has 0 saturated carbocycles. The number of rotatable bonds is 9. The summed E-state index contributed by atoms with van der Waals surface area (Å²) in [7, 11) is 0. The van der Waals surface area contributed by atoms with Crippen LogP contribution in [0, 0.1) is 0 Å². The maximum absolute atomic E-state index is 13.0. The zero-order valence-electron chi connectivity index (χ0n) is 16.9. The molecule has 0 aromatic heterocycles. The van der Waals surface area contributed by atoms with E-state index in [-0.39, 0.29) is 11.8 Å². The number of hydrogen-bond acceptors (Lipinski definition) is 2. The van der Waals surface area contributed by atoms with Crippen LogP contribution in [0.2, 0.25) is 5.02 Å². The molecule has 0 aliphatic rings. The highest BCUT2D eigenvalue weighted by molar-refractivity contribution is 6.30. The van der Waals surface area contributed by atoms with Crippen LogP contribution < -0.4 is 5.32 Å². The molecule has 0 fully saturated rings. The van der Waals surface area contributed by atoms with Crippen molar-refractivity contribution < 1.29 is 9.59 Å². The summed E-state index contributed by atoms with van der Waals surface area (Å²) in [5.41, 5.74) is 3.35. The number of nitrogens with zero attached hydrogens (tertiary/aromatic N) is 1. The van der Waals surface area contributed by atoms with E-state index in [1.165, 1.54) is 5.56 Å². The second-order valence-electron chi connectivity index (χ2n) is 6.89. The molecule has 0 heterocycles. The maximum atomic E-state index is 13.0. The fourth-order valence-corrected chi connectivity index (χ4v) is 3.15. The van der Waals surface area contributed by atoms with Crippen molar-refractivity contribution in [1.29, 1.82) is 0 Å². The van der Waals surface area contributed by atoms with E-state index in [1.54, 1.807) is 24.0 Å². The van der Waals surface area contributed by atoms with Crippen LogP contribution in [0.1, 0.15) is 43.9 Å². The van der Waals surface area contributed by atoms with Gasteiger partial charge in [0.25, 0.3) is 0 Å². The number of halogens is 1. The van der Waals surface area contributed by atoms with Crippen LogP contribution in [0.3, 0.4) is 0 Å². The van der Waals surface area contributed by atoms with E-state index in [2.05, 4.69) is 36.5 Å². The van der Waals surface area contributed by atoms with Crippen LogP contribution >= 0.6 is 11.6 Å². The molecule has 0 radical (unpaired) electrons. The number of carbonyl (C=O) groups excluding carboxylic acids is 2. The lowest BCUT2D eigenvalue weighted by Gasteiger charge is -2.29. The van der Waals surface area contributed by atoms with Crippen molar-refractivity contribution in [2.45, 2.75) is 52.6 Å². The van der Waals surface area contributed by atoms with E-state index in [1.807, 2.05) is 19.1 Å². The lowest BCUT2D eigenvalue weighted by atomic mass is 10.0. The van der Waals surface area contributed by atoms with Gasteiger partial charge in [-0.15, -0.1) is 0 Å². The summed E-state index contributed by atoms with van der Waals surface area (Å²) >= 11 is 5.96. The summed E-state index contributed by atoms with van der Waals surface area (Å²) in [6.07, 6.45) is 2.02. The molecule has 150 valence electrons. The van der Waals surface area contributed by atoms with Crippen molar-refractivity contribution in [3.8, 4) is 0 Å². The SMILES string of the molecule is CCNC(=O)[C@H](C)N(Cc1ccc(Cl)cc1)C(=O)CCc1ccc(CC)cc1. The monoisotopic (exact) mass is 400 g/mol. The molecule has 0 aliphatic heterocycles. The van der Waals surface area contributed by atoms with Gasteiger partial charge in [-0.1, -0.05) is 54.9 Å². The molecule has 0 unspecified atom stereocenters. The Bertz CT molecular complexity index is 772. The quantitative estimate of drug-likeness (QED) is 0.678. The lowest BCUT2D eigenvalue weighted by Crippen LogP contribution is -2.47. The largest absolute Gasteiger partial charge is 0.355 e. The van der Waals surface area contributed by atoms with E-state index >= 15 is 0 Å². The fourth-order valence-electron chi connectivity index (χ4n) is 3.03. The molecule has 1 N–H and O–H groups in total. The van der Waals surface area contributed by atoms with Gasteiger partial charge in [0.05, 0.1) is 0 Å². The fraction of sp³-hybridized carbons (Fsp3) is 0.391. The molecule has 28 heavy (non-hydrogen) atoms. The Kier molecular flexibility index (Phi) is 8.52. The number of carbonyl (C=O) groups is 2. The van der Waals surface area contributed by atoms with Crippen molar-refractivity contribution >= 4 is 23.4 Å². The van der Waals surface area contributed by atoms with Gasteiger partial charge in [0, 0.05) is 24.5 Å². The third kappa shape index (κ3) is 6.38. The molecule has 0 saturated heterocycles. The van der Waals surface area contributed by atoms with E-state index in [4.69, 9.17) is 11.6 Å². The highest BCUT2D eigenvalue weighted by atomic mass is 35.5. The van der Waals surface area contributed by atoms with Crippen molar-refractivity contribution in [2.24, 2.45) is 0 Å². The molecule has 2 amide bonds. The smallest absolute Gasteiger partial charge is 0.242 e. The highest BCUT2D eigenvalue weighted by Gasteiger charge is 2.25. The average Bonchev–Trinajstić information content (AvgIpc) is 2.71.